The van der Waals surface area contributed by atoms with Crippen molar-refractivity contribution in [1.82, 2.24) is 14.9 Å². The van der Waals surface area contributed by atoms with Crippen LogP contribution in [0, 0.1) is 6.92 Å². The molecule has 0 saturated carbocycles. The molecule has 0 atom stereocenters. The lowest BCUT2D eigenvalue weighted by Crippen LogP contribution is -1.97. The van der Waals surface area contributed by atoms with Gasteiger partial charge in [0, 0.05) is 12.6 Å². The van der Waals surface area contributed by atoms with Crippen molar-refractivity contribution in [2.75, 3.05) is 0 Å². The van der Waals surface area contributed by atoms with Crippen LogP contribution in [0.3, 0.4) is 0 Å². The van der Waals surface area contributed by atoms with Crippen molar-refractivity contribution >= 4 is 5.97 Å². The van der Waals surface area contributed by atoms with Crippen LogP contribution in [-0.2, 0) is 13.7 Å². The fraction of sp³-hybridized carbons (Fsp3) is 0.188. The van der Waals surface area contributed by atoms with E-state index in [9.17, 15) is 4.79 Å². The zero-order valence-electron chi connectivity index (χ0n) is 12.7. The minimum atomic E-state index is -1.18. The van der Waals surface area contributed by atoms with Crippen LogP contribution < -0.4 is 4.74 Å². The lowest BCUT2D eigenvalue weighted by molar-refractivity contribution is 0.0651. The third kappa shape index (κ3) is 3.08. The molecular formula is C16H15N3O4. The summed E-state index contributed by atoms with van der Waals surface area (Å²) in [5.41, 5.74) is 4.19. The summed E-state index contributed by atoms with van der Waals surface area (Å²) >= 11 is 0. The third-order valence-corrected chi connectivity index (χ3v) is 3.44. The van der Waals surface area contributed by atoms with Crippen LogP contribution in [0.2, 0.25) is 0 Å². The summed E-state index contributed by atoms with van der Waals surface area (Å²) in [6, 6.07) is 9.12. The fourth-order valence-corrected chi connectivity index (χ4v) is 2.31. The maximum atomic E-state index is 10.7. The van der Waals surface area contributed by atoms with Gasteiger partial charge in [0.2, 0.25) is 5.76 Å². The Labute approximate surface area is 132 Å². The molecule has 0 bridgehead atoms. The first-order valence-corrected chi connectivity index (χ1v) is 6.95. The monoisotopic (exact) mass is 313 g/mol. The average Bonchev–Trinajstić information content (AvgIpc) is 3.13. The van der Waals surface area contributed by atoms with Gasteiger partial charge in [-0.3, -0.25) is 4.68 Å². The molecule has 1 N–H and O–H groups in total. The number of carbonyl (C=O) groups is 1. The van der Waals surface area contributed by atoms with Gasteiger partial charge in [-0.15, -0.1) is 0 Å². The van der Waals surface area contributed by atoms with Gasteiger partial charge in [-0.2, -0.15) is 5.10 Å². The molecule has 118 valence electrons. The Hall–Kier alpha value is -3.09. The molecule has 7 nitrogen and oxygen atoms in total. The minimum Gasteiger partial charge on any atom is -0.475 e. The summed E-state index contributed by atoms with van der Waals surface area (Å²) in [5, 5.41) is 16.5. The van der Waals surface area contributed by atoms with Crippen molar-refractivity contribution in [3.8, 4) is 17.1 Å². The van der Waals surface area contributed by atoms with E-state index >= 15 is 0 Å². The molecule has 0 amide bonds. The molecule has 2 aromatic heterocycles. The van der Waals surface area contributed by atoms with E-state index in [1.54, 1.807) is 0 Å². The standard InChI is InChI=1S/C16H15N3O4/c1-10-8-17-19(2)15(10)12-5-3-11(4-6-12)9-22-14-7-13(16(20)21)23-18-14/h3-8H,9H2,1-2H3,(H,20,21). The van der Waals surface area contributed by atoms with Gasteiger partial charge in [0.15, 0.2) is 0 Å². The number of aromatic nitrogens is 3. The molecule has 0 spiro atoms. The van der Waals surface area contributed by atoms with Crippen LogP contribution in [0.5, 0.6) is 5.88 Å². The number of aryl methyl sites for hydroxylation is 2. The Morgan fingerprint density at radius 2 is 2.09 bits per heavy atom. The summed E-state index contributed by atoms with van der Waals surface area (Å²) < 4.78 is 11.9. The van der Waals surface area contributed by atoms with E-state index < -0.39 is 5.97 Å². The SMILES string of the molecule is Cc1cnn(C)c1-c1ccc(COc2cc(C(=O)O)on2)cc1. The molecule has 0 aliphatic carbocycles. The van der Waals surface area contributed by atoms with Gasteiger partial charge in [-0.1, -0.05) is 24.3 Å². The normalized spacial score (nSPS) is 10.7. The maximum absolute atomic E-state index is 10.7. The molecule has 3 aromatic rings. The fourth-order valence-electron chi connectivity index (χ4n) is 2.31. The number of benzene rings is 1. The van der Waals surface area contributed by atoms with Crippen LogP contribution in [0.25, 0.3) is 11.3 Å². The molecule has 0 saturated heterocycles. The molecule has 3 rings (SSSR count). The number of hydrogen-bond donors (Lipinski definition) is 1. The van der Waals surface area contributed by atoms with E-state index in [1.165, 1.54) is 6.07 Å². The molecule has 7 heteroatoms. The van der Waals surface area contributed by atoms with Crippen LogP contribution in [-0.4, -0.2) is 26.0 Å². The van der Waals surface area contributed by atoms with Crippen molar-refractivity contribution in [3.05, 3.63) is 53.4 Å². The van der Waals surface area contributed by atoms with Crippen LogP contribution in [0.15, 0.2) is 41.1 Å². The highest BCUT2D eigenvalue weighted by atomic mass is 16.5. The van der Waals surface area contributed by atoms with E-state index in [0.29, 0.717) is 0 Å². The van der Waals surface area contributed by atoms with Crippen LogP contribution >= 0.6 is 0 Å². The second-order valence-electron chi connectivity index (χ2n) is 5.12. The number of rotatable bonds is 5. The summed E-state index contributed by atoms with van der Waals surface area (Å²) in [4.78, 5) is 10.7. The molecule has 0 radical (unpaired) electrons. The quantitative estimate of drug-likeness (QED) is 0.778. The Balaban J connectivity index is 1.69. The highest BCUT2D eigenvalue weighted by Gasteiger charge is 2.12. The largest absolute Gasteiger partial charge is 0.475 e. The number of hydrogen-bond acceptors (Lipinski definition) is 5. The Morgan fingerprint density at radius 3 is 2.65 bits per heavy atom. The lowest BCUT2D eigenvalue weighted by Gasteiger charge is -2.06. The molecule has 23 heavy (non-hydrogen) atoms. The number of ether oxygens (including phenoxy) is 1. The predicted octanol–water partition coefficient (Wildman–Crippen LogP) is 2.66. The molecular weight excluding hydrogens is 298 g/mol. The van der Waals surface area contributed by atoms with Gasteiger partial charge < -0.3 is 14.4 Å². The minimum absolute atomic E-state index is 0.147. The first kappa shape index (κ1) is 14.8. The summed E-state index contributed by atoms with van der Waals surface area (Å²) in [5.74, 6) is -1.28. The van der Waals surface area contributed by atoms with E-state index in [0.717, 1.165) is 22.4 Å². The third-order valence-electron chi connectivity index (χ3n) is 3.44. The van der Waals surface area contributed by atoms with E-state index in [1.807, 2.05) is 49.1 Å². The first-order valence-electron chi connectivity index (χ1n) is 6.95. The average molecular weight is 313 g/mol. The van der Waals surface area contributed by atoms with Crippen molar-refractivity contribution in [2.45, 2.75) is 13.5 Å². The van der Waals surface area contributed by atoms with Gasteiger partial charge in [-0.05, 0) is 23.2 Å². The lowest BCUT2D eigenvalue weighted by atomic mass is 10.1. The first-order chi connectivity index (χ1) is 11.0. The predicted molar refractivity (Wildman–Crippen MR) is 81.2 cm³/mol. The zero-order chi connectivity index (χ0) is 16.4. The second kappa shape index (κ2) is 5.96. The van der Waals surface area contributed by atoms with E-state index in [-0.39, 0.29) is 18.2 Å². The topological polar surface area (TPSA) is 90.4 Å². The maximum Gasteiger partial charge on any atom is 0.374 e. The van der Waals surface area contributed by atoms with E-state index in [2.05, 4.69) is 14.8 Å². The molecule has 0 aliphatic rings. The Kier molecular flexibility index (Phi) is 3.84. The van der Waals surface area contributed by atoms with Gasteiger partial charge >= 0.3 is 5.97 Å². The number of carboxylic acid groups (broad SMARTS) is 1. The van der Waals surface area contributed by atoms with Gasteiger partial charge in [-0.25, -0.2) is 4.79 Å². The van der Waals surface area contributed by atoms with E-state index in [4.69, 9.17) is 9.84 Å². The Bertz CT molecular complexity index is 814. The molecule has 1 aromatic carbocycles. The molecule has 0 unspecified atom stereocenters. The smallest absolute Gasteiger partial charge is 0.374 e. The highest BCUT2D eigenvalue weighted by Crippen LogP contribution is 2.23. The van der Waals surface area contributed by atoms with Crippen molar-refractivity contribution < 1.29 is 19.2 Å². The zero-order valence-corrected chi connectivity index (χ0v) is 12.7. The van der Waals surface area contributed by atoms with Crippen molar-refractivity contribution in [2.24, 2.45) is 7.05 Å². The van der Waals surface area contributed by atoms with Crippen LogP contribution in [0.4, 0.5) is 0 Å². The number of nitrogens with zero attached hydrogens (tertiary/aromatic N) is 3. The highest BCUT2D eigenvalue weighted by molar-refractivity contribution is 5.84. The molecule has 0 fully saturated rings. The Morgan fingerprint density at radius 1 is 1.35 bits per heavy atom. The molecule has 2 heterocycles. The second-order valence-corrected chi connectivity index (χ2v) is 5.12. The number of aromatic carboxylic acids is 1. The van der Waals surface area contributed by atoms with Gasteiger partial charge in [0.1, 0.15) is 6.61 Å². The molecule has 0 aliphatic heterocycles. The van der Waals surface area contributed by atoms with Crippen LogP contribution in [0.1, 0.15) is 21.7 Å². The summed E-state index contributed by atoms with van der Waals surface area (Å²) in [7, 11) is 1.91. The number of carboxylic acids is 1. The summed E-state index contributed by atoms with van der Waals surface area (Å²) in [6.07, 6.45) is 1.83. The van der Waals surface area contributed by atoms with Gasteiger partial charge in [0.05, 0.1) is 18.0 Å². The summed E-state index contributed by atoms with van der Waals surface area (Å²) in [6.45, 7) is 2.29. The van der Waals surface area contributed by atoms with Crippen molar-refractivity contribution in [3.63, 3.8) is 0 Å². The van der Waals surface area contributed by atoms with Gasteiger partial charge in [0.25, 0.3) is 5.88 Å². The van der Waals surface area contributed by atoms with Crippen molar-refractivity contribution in [1.29, 1.82) is 0 Å².